The lowest BCUT2D eigenvalue weighted by Crippen LogP contribution is -2.42. The number of benzene rings is 3. The number of carbonyl (C=O) groups is 2. The minimum Gasteiger partial charge on any atom is -0.410 e. The highest BCUT2D eigenvalue weighted by atomic mass is 19.4. The van der Waals surface area contributed by atoms with Gasteiger partial charge in [0.25, 0.3) is 0 Å². The quantitative estimate of drug-likeness (QED) is 0.207. The minimum atomic E-state index is -5.84. The molecule has 0 fully saturated rings. The molecule has 0 saturated carbocycles. The van der Waals surface area contributed by atoms with E-state index in [1.165, 1.54) is 54.6 Å². The molecule has 15 heteroatoms. The van der Waals surface area contributed by atoms with Gasteiger partial charge < -0.3 is 9.47 Å². The molecule has 0 aliphatic heterocycles. The maximum atomic E-state index is 14.9. The number of hydrogen-bond acceptors (Lipinski definition) is 6. The summed E-state index contributed by atoms with van der Waals surface area (Å²) in [4.78, 5) is 26.2. The Morgan fingerprint density at radius 1 is 0.800 bits per heavy atom. The number of rotatable bonds is 4. The van der Waals surface area contributed by atoms with Gasteiger partial charge >= 0.3 is 18.4 Å². The van der Waals surface area contributed by atoms with Crippen molar-refractivity contribution in [2.24, 2.45) is 0 Å². The molecule has 0 bridgehead atoms. The van der Waals surface area contributed by atoms with Crippen LogP contribution in [0.4, 0.5) is 46.1 Å². The van der Waals surface area contributed by atoms with Crippen molar-refractivity contribution in [3.8, 4) is 23.3 Å². The zero-order chi connectivity index (χ0) is 29.2. The largest absolute Gasteiger partial charge is 0.430 e. The Labute approximate surface area is 219 Å². The molecule has 0 radical (unpaired) electrons. The number of nitrogens with zero attached hydrogens (tertiary/aromatic N) is 4. The summed E-state index contributed by atoms with van der Waals surface area (Å²) in [6.45, 7) is 0. The third-order valence-electron chi connectivity index (χ3n) is 5.07. The lowest BCUT2D eigenvalue weighted by atomic mass is 10.1. The van der Waals surface area contributed by atoms with Crippen molar-refractivity contribution >= 4 is 18.0 Å². The average Bonchev–Trinajstić information content (AvgIpc) is 3.31. The molecule has 0 aliphatic carbocycles. The van der Waals surface area contributed by atoms with Crippen LogP contribution in [0.25, 0.3) is 5.69 Å². The second-order valence-corrected chi connectivity index (χ2v) is 7.58. The van der Waals surface area contributed by atoms with Crippen molar-refractivity contribution < 1.29 is 49.8 Å². The molecule has 0 aliphatic rings. The van der Waals surface area contributed by atoms with Gasteiger partial charge in [-0.2, -0.15) is 28.4 Å². The van der Waals surface area contributed by atoms with Crippen LogP contribution in [0.1, 0.15) is 11.1 Å². The predicted octanol–water partition coefficient (Wildman–Crippen LogP) is 6.52. The molecule has 2 amide bonds. The summed E-state index contributed by atoms with van der Waals surface area (Å²) in [5, 5.41) is 12.9. The summed E-state index contributed by atoms with van der Waals surface area (Å²) in [5.74, 6) is -12.4. The number of anilines is 1. The van der Waals surface area contributed by atoms with Crippen LogP contribution >= 0.6 is 0 Å². The van der Waals surface area contributed by atoms with Gasteiger partial charge in [-0.05, 0) is 24.3 Å². The van der Waals surface area contributed by atoms with Crippen molar-refractivity contribution in [1.82, 2.24) is 9.78 Å². The number of amides is 2. The number of ether oxygens (including phenoxy) is 2. The third kappa shape index (κ3) is 5.14. The second-order valence-electron chi connectivity index (χ2n) is 7.58. The van der Waals surface area contributed by atoms with E-state index in [0.29, 0.717) is 6.20 Å². The number of alkyl halides is 3. The van der Waals surface area contributed by atoms with Gasteiger partial charge in [0.1, 0.15) is 34.4 Å². The van der Waals surface area contributed by atoms with Gasteiger partial charge in [-0.1, -0.05) is 36.4 Å². The smallest absolute Gasteiger partial charge is 0.410 e. The monoisotopic (exact) mass is 564 g/mol. The van der Waals surface area contributed by atoms with Crippen LogP contribution in [-0.4, -0.2) is 22.0 Å². The first kappa shape index (κ1) is 27.6. The summed E-state index contributed by atoms with van der Waals surface area (Å²) in [7, 11) is 0. The van der Waals surface area contributed by atoms with E-state index in [1.807, 2.05) is 0 Å². The highest BCUT2D eigenvalue weighted by molar-refractivity contribution is 6.11. The van der Waals surface area contributed by atoms with Crippen LogP contribution in [0.2, 0.25) is 0 Å². The fraction of sp³-hybridized carbons (Fsp3) is 0.0400. The average molecular weight is 564 g/mol. The number of hydrogen-bond donors (Lipinski definition) is 0. The molecule has 0 atom stereocenters. The van der Waals surface area contributed by atoms with E-state index in [0.717, 1.165) is 0 Å². The number of imide groups is 1. The van der Waals surface area contributed by atoms with Gasteiger partial charge in [-0.15, -0.1) is 0 Å². The second kappa shape index (κ2) is 10.8. The van der Waals surface area contributed by atoms with Gasteiger partial charge in [0.15, 0.2) is 29.1 Å². The molecule has 0 N–H and O–H groups in total. The molecule has 4 rings (SSSR count). The Kier molecular flexibility index (Phi) is 7.44. The maximum Gasteiger partial charge on any atom is 0.430 e. The summed E-state index contributed by atoms with van der Waals surface area (Å²) in [6.07, 6.45) is -8.62. The summed E-state index contributed by atoms with van der Waals surface area (Å²) in [6, 6.07) is 15.3. The maximum absolute atomic E-state index is 14.9. The van der Waals surface area contributed by atoms with E-state index in [4.69, 9.17) is 9.47 Å². The highest BCUT2D eigenvalue weighted by Gasteiger charge is 2.44. The molecule has 4 aromatic rings. The lowest BCUT2D eigenvalue weighted by Gasteiger charge is -2.22. The van der Waals surface area contributed by atoms with Gasteiger partial charge in [-0.25, -0.2) is 31.8 Å². The van der Waals surface area contributed by atoms with Crippen LogP contribution in [0.15, 0.2) is 66.9 Å². The SMILES string of the molecule is N#Cc1cnn(-c2c(F)c(F)c(C(F)(F)F)c(F)c2F)c1N(C(=O)Oc1ccccc1)C(=O)Oc1ccccc1. The first-order chi connectivity index (χ1) is 19.0. The van der Waals surface area contributed by atoms with Crippen molar-refractivity contribution in [3.63, 3.8) is 0 Å². The van der Waals surface area contributed by atoms with Gasteiger partial charge in [-0.3, -0.25) is 0 Å². The van der Waals surface area contributed by atoms with Crippen molar-refractivity contribution in [2.75, 3.05) is 4.90 Å². The number of aromatic nitrogens is 2. The predicted molar refractivity (Wildman–Crippen MR) is 121 cm³/mol. The first-order valence-electron chi connectivity index (χ1n) is 10.7. The number of nitriles is 1. The summed E-state index contributed by atoms with van der Waals surface area (Å²) in [5.41, 5.74) is -5.58. The van der Waals surface area contributed by atoms with Gasteiger partial charge in [0.05, 0.1) is 6.20 Å². The molecule has 0 saturated heterocycles. The molecule has 8 nitrogen and oxygen atoms in total. The molecular formula is C25H11F7N4O4. The zero-order valence-corrected chi connectivity index (χ0v) is 19.4. The Morgan fingerprint density at radius 2 is 1.25 bits per heavy atom. The summed E-state index contributed by atoms with van der Waals surface area (Å²) < 4.78 is 108. The summed E-state index contributed by atoms with van der Waals surface area (Å²) >= 11 is 0. The van der Waals surface area contributed by atoms with Crippen LogP contribution in [0, 0.1) is 34.6 Å². The normalized spacial score (nSPS) is 11.1. The van der Waals surface area contributed by atoms with Crippen LogP contribution in [0.3, 0.4) is 0 Å². The van der Waals surface area contributed by atoms with E-state index >= 15 is 0 Å². The van der Waals surface area contributed by atoms with E-state index in [9.17, 15) is 45.6 Å². The third-order valence-corrected chi connectivity index (χ3v) is 5.07. The number of halogens is 7. The van der Waals surface area contributed by atoms with Crippen molar-refractivity contribution in [1.29, 1.82) is 5.26 Å². The fourth-order valence-electron chi connectivity index (χ4n) is 3.37. The Bertz CT molecular complexity index is 1550. The lowest BCUT2D eigenvalue weighted by molar-refractivity contribution is -0.143. The molecule has 3 aromatic carbocycles. The Balaban J connectivity index is 1.94. The van der Waals surface area contributed by atoms with Gasteiger partial charge in [0.2, 0.25) is 0 Å². The van der Waals surface area contributed by atoms with Crippen LogP contribution in [-0.2, 0) is 6.18 Å². The molecule has 204 valence electrons. The zero-order valence-electron chi connectivity index (χ0n) is 19.4. The van der Waals surface area contributed by atoms with E-state index in [1.54, 1.807) is 12.1 Å². The standard InChI is InChI=1S/C25H11F7N4O4/c26-17-16(25(30,31)32)18(27)20(29)21(19(17)28)36-22(13(11-33)12-34-36)35(23(37)39-14-7-3-1-4-8-14)24(38)40-15-9-5-2-6-10-15/h1-10,12H. The number of para-hydroxylation sites is 2. The minimum absolute atomic E-state index is 0.0854. The molecule has 40 heavy (non-hydrogen) atoms. The van der Waals surface area contributed by atoms with Crippen LogP contribution in [0.5, 0.6) is 11.5 Å². The Morgan fingerprint density at radius 3 is 1.65 bits per heavy atom. The highest BCUT2D eigenvalue weighted by Crippen LogP contribution is 2.39. The molecule has 1 aromatic heterocycles. The molecule has 0 unspecified atom stereocenters. The first-order valence-corrected chi connectivity index (χ1v) is 10.7. The van der Waals surface area contributed by atoms with E-state index < -0.39 is 64.3 Å². The van der Waals surface area contributed by atoms with E-state index in [-0.39, 0.29) is 21.1 Å². The van der Waals surface area contributed by atoms with Gasteiger partial charge in [0, 0.05) is 0 Å². The molecular weight excluding hydrogens is 553 g/mol. The van der Waals surface area contributed by atoms with Crippen LogP contribution < -0.4 is 14.4 Å². The Hall–Kier alpha value is -5.39. The number of carbonyl (C=O) groups excluding carboxylic acids is 2. The molecule has 1 heterocycles. The van der Waals surface area contributed by atoms with E-state index in [2.05, 4.69) is 5.10 Å². The topological polar surface area (TPSA) is 97.5 Å². The van der Waals surface area contributed by atoms with Crippen molar-refractivity contribution in [2.45, 2.75) is 6.18 Å². The fourth-order valence-corrected chi connectivity index (χ4v) is 3.37. The van der Waals surface area contributed by atoms with Crippen molar-refractivity contribution in [3.05, 3.63) is 101 Å². The molecule has 0 spiro atoms.